The molecule has 0 saturated carbocycles. The molecule has 3 aliphatic heterocycles. The third-order valence-electron chi connectivity index (χ3n) is 5.47. The summed E-state index contributed by atoms with van der Waals surface area (Å²) in [5, 5.41) is 0. The van der Waals surface area contributed by atoms with E-state index in [-0.39, 0.29) is 0 Å². The lowest BCUT2D eigenvalue weighted by Crippen LogP contribution is -2.39. The van der Waals surface area contributed by atoms with Crippen LogP contribution >= 0.6 is 0 Å². The molecule has 2 atom stereocenters. The fraction of sp³-hybridized carbons (Fsp3) is 0.706. The summed E-state index contributed by atoms with van der Waals surface area (Å²) in [5.74, 6) is 2.01. The van der Waals surface area contributed by atoms with Crippen molar-refractivity contribution in [1.29, 1.82) is 0 Å². The molecule has 0 amide bonds. The average molecular weight is 287 g/mol. The van der Waals surface area contributed by atoms with E-state index in [1.807, 2.05) is 12.3 Å². The fourth-order valence-electron chi connectivity index (χ4n) is 4.37. The summed E-state index contributed by atoms with van der Waals surface area (Å²) in [5.41, 5.74) is 0. The molecule has 0 aromatic carbocycles. The second-order valence-electron chi connectivity index (χ2n) is 6.64. The number of hydrogen-bond donors (Lipinski definition) is 0. The molecule has 3 saturated heterocycles. The van der Waals surface area contributed by atoms with Crippen LogP contribution in [0.5, 0.6) is 0 Å². The summed E-state index contributed by atoms with van der Waals surface area (Å²) in [6, 6.07) is 7.69. The molecule has 4 rings (SSSR count). The Labute approximate surface area is 127 Å². The summed E-state index contributed by atoms with van der Waals surface area (Å²) in [7, 11) is 0. The maximum absolute atomic E-state index is 5.49. The Hall–Kier alpha value is -1.13. The zero-order valence-electron chi connectivity index (χ0n) is 12.7. The Morgan fingerprint density at radius 3 is 2.71 bits per heavy atom. The average Bonchev–Trinajstić information content (AvgIpc) is 3.12. The van der Waals surface area contributed by atoms with Gasteiger partial charge < -0.3 is 9.64 Å². The van der Waals surface area contributed by atoms with Gasteiger partial charge in [0.1, 0.15) is 5.82 Å². The van der Waals surface area contributed by atoms with Crippen molar-refractivity contribution >= 4 is 5.82 Å². The number of ether oxygens (including phenoxy) is 1. The lowest BCUT2D eigenvalue weighted by Gasteiger charge is -2.30. The number of aromatic nitrogens is 1. The zero-order valence-corrected chi connectivity index (χ0v) is 12.7. The van der Waals surface area contributed by atoms with E-state index >= 15 is 0 Å². The number of fused-ring (bicyclic) bond motifs is 1. The normalized spacial score (nSPS) is 30.8. The Morgan fingerprint density at radius 1 is 1.05 bits per heavy atom. The number of likely N-dealkylation sites (tertiary alicyclic amines) is 1. The second-order valence-corrected chi connectivity index (χ2v) is 6.64. The molecule has 3 fully saturated rings. The Bertz CT molecular complexity index is 460. The van der Waals surface area contributed by atoms with Crippen LogP contribution in [0.4, 0.5) is 5.82 Å². The predicted octanol–water partition coefficient (Wildman–Crippen LogP) is 2.16. The van der Waals surface area contributed by atoms with E-state index in [4.69, 9.17) is 4.74 Å². The van der Waals surface area contributed by atoms with Crippen molar-refractivity contribution in [2.24, 2.45) is 5.92 Å². The molecule has 0 spiro atoms. The maximum atomic E-state index is 5.49. The van der Waals surface area contributed by atoms with Crippen molar-refractivity contribution in [3.63, 3.8) is 0 Å². The monoisotopic (exact) mass is 287 g/mol. The number of hydrogen-bond acceptors (Lipinski definition) is 4. The van der Waals surface area contributed by atoms with Crippen LogP contribution in [-0.2, 0) is 4.74 Å². The van der Waals surface area contributed by atoms with Gasteiger partial charge in [-0.3, -0.25) is 4.90 Å². The van der Waals surface area contributed by atoms with E-state index in [0.29, 0.717) is 6.04 Å². The molecule has 0 radical (unpaired) electrons. The van der Waals surface area contributed by atoms with Gasteiger partial charge in [0.05, 0.1) is 0 Å². The highest BCUT2D eigenvalue weighted by Gasteiger charge is 2.43. The van der Waals surface area contributed by atoms with Gasteiger partial charge in [0.2, 0.25) is 0 Å². The molecule has 1 aromatic heterocycles. The van der Waals surface area contributed by atoms with E-state index in [1.165, 1.54) is 38.8 Å². The van der Waals surface area contributed by atoms with E-state index < -0.39 is 0 Å². The third-order valence-corrected chi connectivity index (χ3v) is 5.47. The lowest BCUT2D eigenvalue weighted by molar-refractivity contribution is 0.0508. The third kappa shape index (κ3) is 2.67. The SMILES string of the molecule is c1ccc(N2CC[C@H]3[C@H]2CCN3CC2CCOCC2)nc1. The van der Waals surface area contributed by atoms with E-state index in [1.54, 1.807) is 0 Å². The van der Waals surface area contributed by atoms with Crippen LogP contribution < -0.4 is 4.90 Å². The molecule has 0 aliphatic carbocycles. The highest BCUT2D eigenvalue weighted by atomic mass is 16.5. The molecule has 4 nitrogen and oxygen atoms in total. The number of anilines is 1. The first-order chi connectivity index (χ1) is 10.4. The Kier molecular flexibility index (Phi) is 3.82. The van der Waals surface area contributed by atoms with Gasteiger partial charge in [-0.25, -0.2) is 4.98 Å². The van der Waals surface area contributed by atoms with Gasteiger partial charge in [-0.1, -0.05) is 6.07 Å². The molecule has 3 aliphatic rings. The molecule has 0 bridgehead atoms. The van der Waals surface area contributed by atoms with Crippen molar-refractivity contribution in [3.8, 4) is 0 Å². The van der Waals surface area contributed by atoms with Crippen molar-refractivity contribution in [2.45, 2.75) is 37.8 Å². The van der Waals surface area contributed by atoms with Crippen LogP contribution in [0, 0.1) is 5.92 Å². The van der Waals surface area contributed by atoms with Gasteiger partial charge in [0.25, 0.3) is 0 Å². The lowest BCUT2D eigenvalue weighted by atomic mass is 9.99. The van der Waals surface area contributed by atoms with Gasteiger partial charge >= 0.3 is 0 Å². The quantitative estimate of drug-likeness (QED) is 0.852. The summed E-state index contributed by atoms with van der Waals surface area (Å²) in [4.78, 5) is 9.84. The van der Waals surface area contributed by atoms with Gasteiger partial charge in [-0.15, -0.1) is 0 Å². The zero-order chi connectivity index (χ0) is 14.1. The van der Waals surface area contributed by atoms with Gasteiger partial charge in [0.15, 0.2) is 0 Å². The number of nitrogens with zero attached hydrogens (tertiary/aromatic N) is 3. The van der Waals surface area contributed by atoms with E-state index in [0.717, 1.165) is 37.5 Å². The molecule has 114 valence electrons. The highest BCUT2D eigenvalue weighted by Crippen LogP contribution is 2.35. The molecular formula is C17H25N3O. The minimum Gasteiger partial charge on any atom is -0.381 e. The highest BCUT2D eigenvalue weighted by molar-refractivity contribution is 5.42. The van der Waals surface area contributed by atoms with Crippen LogP contribution in [-0.4, -0.2) is 54.8 Å². The van der Waals surface area contributed by atoms with Crippen LogP contribution in [0.3, 0.4) is 0 Å². The molecule has 0 N–H and O–H groups in total. The standard InChI is InChI=1S/C17H25N3O/c1-2-8-18-17(3-1)20-10-5-15-16(20)4-9-19(15)13-14-6-11-21-12-7-14/h1-3,8,14-16H,4-7,9-13H2/t15-,16+/m0/s1. The van der Waals surface area contributed by atoms with Gasteiger partial charge in [-0.2, -0.15) is 0 Å². The fourth-order valence-corrected chi connectivity index (χ4v) is 4.37. The largest absolute Gasteiger partial charge is 0.381 e. The van der Waals surface area contributed by atoms with Crippen molar-refractivity contribution in [3.05, 3.63) is 24.4 Å². The smallest absolute Gasteiger partial charge is 0.128 e. The van der Waals surface area contributed by atoms with Crippen LogP contribution in [0.2, 0.25) is 0 Å². The summed E-state index contributed by atoms with van der Waals surface area (Å²) in [6.45, 7) is 5.63. The molecule has 1 aromatic rings. The maximum Gasteiger partial charge on any atom is 0.128 e. The summed E-state index contributed by atoms with van der Waals surface area (Å²) < 4.78 is 5.49. The van der Waals surface area contributed by atoms with E-state index in [9.17, 15) is 0 Å². The molecule has 4 heterocycles. The Morgan fingerprint density at radius 2 is 1.90 bits per heavy atom. The number of rotatable bonds is 3. The van der Waals surface area contributed by atoms with Gasteiger partial charge in [0, 0.05) is 51.1 Å². The van der Waals surface area contributed by atoms with Crippen LogP contribution in [0.15, 0.2) is 24.4 Å². The first kappa shape index (κ1) is 13.5. The van der Waals surface area contributed by atoms with Crippen LogP contribution in [0.25, 0.3) is 0 Å². The number of pyridine rings is 1. The Balaban J connectivity index is 1.41. The molecule has 4 heteroatoms. The van der Waals surface area contributed by atoms with E-state index in [2.05, 4.69) is 26.9 Å². The molecule has 0 unspecified atom stereocenters. The minimum atomic E-state index is 0.680. The minimum absolute atomic E-state index is 0.680. The summed E-state index contributed by atoms with van der Waals surface area (Å²) >= 11 is 0. The van der Waals surface area contributed by atoms with Gasteiger partial charge in [-0.05, 0) is 43.7 Å². The first-order valence-electron chi connectivity index (χ1n) is 8.41. The predicted molar refractivity (Wildman–Crippen MR) is 83.5 cm³/mol. The van der Waals surface area contributed by atoms with Crippen molar-refractivity contribution in [1.82, 2.24) is 9.88 Å². The van der Waals surface area contributed by atoms with Crippen molar-refractivity contribution in [2.75, 3.05) is 37.7 Å². The molecule has 21 heavy (non-hydrogen) atoms. The first-order valence-corrected chi connectivity index (χ1v) is 8.41. The molecular weight excluding hydrogens is 262 g/mol. The summed E-state index contributed by atoms with van der Waals surface area (Å²) in [6.07, 6.45) is 7.00. The topological polar surface area (TPSA) is 28.6 Å². The second kappa shape index (κ2) is 5.93. The van der Waals surface area contributed by atoms with Crippen LogP contribution in [0.1, 0.15) is 25.7 Å². The van der Waals surface area contributed by atoms with Crippen molar-refractivity contribution < 1.29 is 4.74 Å².